The lowest BCUT2D eigenvalue weighted by atomic mass is 9.95. The van der Waals surface area contributed by atoms with E-state index < -0.39 is 0 Å². The zero-order chi connectivity index (χ0) is 16.9. The molecule has 0 saturated heterocycles. The summed E-state index contributed by atoms with van der Waals surface area (Å²) in [4.78, 5) is 12.3. The van der Waals surface area contributed by atoms with Crippen LogP contribution in [0.1, 0.15) is 51.5 Å². The molecule has 2 saturated carbocycles. The predicted octanol–water partition coefficient (Wildman–Crippen LogP) is 3.72. The fourth-order valence-corrected chi connectivity index (χ4v) is 4.21. The smallest absolute Gasteiger partial charge is 0.220 e. The molecule has 0 aromatic heterocycles. The number of fused-ring (bicyclic) bond motifs is 2. The van der Waals surface area contributed by atoms with Crippen molar-refractivity contribution in [3.63, 3.8) is 0 Å². The molecule has 24 heavy (non-hydrogen) atoms. The Bertz CT molecular complexity index is 572. The summed E-state index contributed by atoms with van der Waals surface area (Å²) in [6.07, 6.45) is 6.44. The largest absolute Gasteiger partial charge is 0.490 e. The molecule has 2 bridgehead atoms. The van der Waals surface area contributed by atoms with Crippen molar-refractivity contribution in [2.75, 3.05) is 13.2 Å². The summed E-state index contributed by atoms with van der Waals surface area (Å²) >= 11 is 0. The van der Waals surface area contributed by atoms with Crippen LogP contribution in [0.5, 0.6) is 11.5 Å². The lowest BCUT2D eigenvalue weighted by Crippen LogP contribution is -2.38. The molecular weight excluding hydrogens is 302 g/mol. The first-order valence-electron chi connectivity index (χ1n) is 9.37. The van der Waals surface area contributed by atoms with Crippen molar-refractivity contribution in [3.05, 3.63) is 23.8 Å². The van der Waals surface area contributed by atoms with Crippen molar-refractivity contribution in [1.82, 2.24) is 5.32 Å². The first-order valence-corrected chi connectivity index (χ1v) is 9.37. The first-order chi connectivity index (χ1) is 11.7. The van der Waals surface area contributed by atoms with E-state index in [9.17, 15) is 4.79 Å². The second kappa shape index (κ2) is 7.91. The SMILES string of the molecule is CCOc1ccc(CCC(=O)N[C@@H]2C[C@H]3CC[C@@H]2C3)cc1OCC. The van der Waals surface area contributed by atoms with Gasteiger partial charge in [-0.1, -0.05) is 12.5 Å². The normalized spacial score (nSPS) is 24.8. The van der Waals surface area contributed by atoms with Crippen LogP contribution in [0.15, 0.2) is 18.2 Å². The van der Waals surface area contributed by atoms with Crippen molar-refractivity contribution in [2.45, 2.75) is 58.4 Å². The van der Waals surface area contributed by atoms with Crippen LogP contribution in [0.2, 0.25) is 0 Å². The van der Waals surface area contributed by atoms with Crippen molar-refractivity contribution < 1.29 is 14.3 Å². The highest BCUT2D eigenvalue weighted by Gasteiger charge is 2.39. The van der Waals surface area contributed by atoms with Gasteiger partial charge in [0.15, 0.2) is 11.5 Å². The highest BCUT2D eigenvalue weighted by molar-refractivity contribution is 5.76. The Morgan fingerprint density at radius 2 is 1.92 bits per heavy atom. The number of carbonyl (C=O) groups excluding carboxylic acids is 1. The molecule has 1 amide bonds. The third-order valence-corrected chi connectivity index (χ3v) is 5.33. The van der Waals surface area contributed by atoms with Crippen LogP contribution in [0.3, 0.4) is 0 Å². The molecular formula is C20H29NO3. The highest BCUT2D eigenvalue weighted by Crippen LogP contribution is 2.44. The zero-order valence-corrected chi connectivity index (χ0v) is 14.8. The lowest BCUT2D eigenvalue weighted by molar-refractivity contribution is -0.122. The van der Waals surface area contributed by atoms with Gasteiger partial charge in [-0.2, -0.15) is 0 Å². The molecule has 3 atom stereocenters. The number of amides is 1. The van der Waals surface area contributed by atoms with Crippen LogP contribution in [-0.2, 0) is 11.2 Å². The minimum absolute atomic E-state index is 0.180. The predicted molar refractivity (Wildman–Crippen MR) is 94.5 cm³/mol. The quantitative estimate of drug-likeness (QED) is 0.790. The number of hydrogen-bond donors (Lipinski definition) is 1. The van der Waals surface area contributed by atoms with E-state index in [1.54, 1.807) is 0 Å². The van der Waals surface area contributed by atoms with Gasteiger partial charge in [-0.25, -0.2) is 0 Å². The fraction of sp³-hybridized carbons (Fsp3) is 0.650. The van der Waals surface area contributed by atoms with Crippen LogP contribution < -0.4 is 14.8 Å². The minimum atomic E-state index is 0.180. The average molecular weight is 331 g/mol. The molecule has 0 aliphatic heterocycles. The number of carbonyl (C=O) groups is 1. The van der Waals surface area contributed by atoms with Crippen LogP contribution in [0.4, 0.5) is 0 Å². The Labute approximate surface area is 144 Å². The van der Waals surface area contributed by atoms with Crippen molar-refractivity contribution in [1.29, 1.82) is 0 Å². The van der Waals surface area contributed by atoms with Gasteiger partial charge in [0.2, 0.25) is 5.91 Å². The summed E-state index contributed by atoms with van der Waals surface area (Å²) in [6.45, 7) is 5.15. The molecule has 2 aliphatic carbocycles. The number of hydrogen-bond acceptors (Lipinski definition) is 3. The van der Waals surface area contributed by atoms with Crippen molar-refractivity contribution >= 4 is 5.91 Å². The maximum atomic E-state index is 12.3. The van der Waals surface area contributed by atoms with E-state index in [1.165, 1.54) is 25.7 Å². The van der Waals surface area contributed by atoms with E-state index in [0.29, 0.717) is 25.7 Å². The zero-order valence-electron chi connectivity index (χ0n) is 14.8. The summed E-state index contributed by atoms with van der Waals surface area (Å²) in [5.74, 6) is 3.31. The molecule has 0 heterocycles. The van der Waals surface area contributed by atoms with E-state index in [1.807, 2.05) is 32.0 Å². The van der Waals surface area contributed by atoms with Gasteiger partial charge in [0.05, 0.1) is 13.2 Å². The van der Waals surface area contributed by atoms with Gasteiger partial charge in [0, 0.05) is 12.5 Å². The second-order valence-corrected chi connectivity index (χ2v) is 7.00. The summed E-state index contributed by atoms with van der Waals surface area (Å²) in [5.41, 5.74) is 1.12. The molecule has 0 unspecified atom stereocenters. The number of benzene rings is 1. The van der Waals surface area contributed by atoms with E-state index in [0.717, 1.165) is 35.3 Å². The molecule has 2 fully saturated rings. The third-order valence-electron chi connectivity index (χ3n) is 5.33. The summed E-state index contributed by atoms with van der Waals surface area (Å²) in [5, 5.41) is 3.26. The minimum Gasteiger partial charge on any atom is -0.490 e. The van der Waals surface area contributed by atoms with E-state index in [2.05, 4.69) is 5.32 Å². The summed E-state index contributed by atoms with van der Waals surface area (Å²) in [7, 11) is 0. The number of aryl methyl sites for hydroxylation is 1. The third kappa shape index (κ3) is 4.03. The molecule has 4 nitrogen and oxygen atoms in total. The van der Waals surface area contributed by atoms with Gasteiger partial charge in [0.1, 0.15) is 0 Å². The number of ether oxygens (including phenoxy) is 2. The fourth-order valence-electron chi connectivity index (χ4n) is 4.21. The average Bonchev–Trinajstić information content (AvgIpc) is 3.18. The van der Waals surface area contributed by atoms with Crippen molar-refractivity contribution in [2.24, 2.45) is 11.8 Å². The van der Waals surface area contributed by atoms with Gasteiger partial charge >= 0.3 is 0 Å². The van der Waals surface area contributed by atoms with Crippen LogP contribution in [-0.4, -0.2) is 25.2 Å². The molecule has 1 N–H and O–H groups in total. The van der Waals surface area contributed by atoms with E-state index >= 15 is 0 Å². The summed E-state index contributed by atoms with van der Waals surface area (Å²) < 4.78 is 11.2. The Hall–Kier alpha value is -1.71. The maximum Gasteiger partial charge on any atom is 0.220 e. The molecule has 3 rings (SSSR count). The Kier molecular flexibility index (Phi) is 5.64. The van der Waals surface area contributed by atoms with Crippen molar-refractivity contribution in [3.8, 4) is 11.5 Å². The van der Waals surface area contributed by atoms with E-state index in [4.69, 9.17) is 9.47 Å². The van der Waals surface area contributed by atoms with Gasteiger partial charge in [-0.3, -0.25) is 4.79 Å². The van der Waals surface area contributed by atoms with Gasteiger partial charge in [0.25, 0.3) is 0 Å². The molecule has 1 aromatic carbocycles. The summed E-state index contributed by atoms with van der Waals surface area (Å²) in [6, 6.07) is 6.39. The monoisotopic (exact) mass is 331 g/mol. The molecule has 4 heteroatoms. The first kappa shape index (κ1) is 17.1. The van der Waals surface area contributed by atoms with Crippen LogP contribution >= 0.6 is 0 Å². The molecule has 0 radical (unpaired) electrons. The standard InChI is InChI=1S/C20H29NO3/c1-3-23-18-9-6-14(13-19(18)24-4-2)7-10-20(22)21-17-12-15-5-8-16(17)11-15/h6,9,13,15-17H,3-5,7-8,10-12H2,1-2H3,(H,21,22)/t15-,16+,17+/m0/s1. The molecule has 0 spiro atoms. The van der Waals surface area contributed by atoms with Gasteiger partial charge < -0.3 is 14.8 Å². The number of nitrogens with one attached hydrogen (secondary N) is 1. The Balaban J connectivity index is 1.52. The van der Waals surface area contributed by atoms with Crippen LogP contribution in [0, 0.1) is 11.8 Å². The van der Waals surface area contributed by atoms with E-state index in [-0.39, 0.29) is 5.91 Å². The van der Waals surface area contributed by atoms with Gasteiger partial charge in [-0.15, -0.1) is 0 Å². The molecule has 2 aliphatic rings. The maximum absolute atomic E-state index is 12.3. The molecule has 1 aromatic rings. The second-order valence-electron chi connectivity index (χ2n) is 7.00. The lowest BCUT2D eigenvalue weighted by Gasteiger charge is -2.22. The highest BCUT2D eigenvalue weighted by atomic mass is 16.5. The Morgan fingerprint density at radius 1 is 1.12 bits per heavy atom. The molecule has 132 valence electrons. The van der Waals surface area contributed by atoms with Crippen LogP contribution in [0.25, 0.3) is 0 Å². The topological polar surface area (TPSA) is 47.6 Å². The van der Waals surface area contributed by atoms with Gasteiger partial charge in [-0.05, 0) is 69.1 Å². The number of rotatable bonds is 8. The Morgan fingerprint density at radius 3 is 2.58 bits per heavy atom.